The average Bonchev–Trinajstić information content (AvgIpc) is 2.84. The molecule has 0 spiro atoms. The summed E-state index contributed by atoms with van der Waals surface area (Å²) >= 11 is 0. The van der Waals surface area contributed by atoms with Crippen molar-refractivity contribution in [1.29, 1.82) is 0 Å². The molecule has 2 aromatic heterocycles. The first-order chi connectivity index (χ1) is 9.95. The van der Waals surface area contributed by atoms with Crippen molar-refractivity contribution < 1.29 is 19.1 Å². The number of carboxylic acids is 1. The Morgan fingerprint density at radius 2 is 2.10 bits per heavy atom. The van der Waals surface area contributed by atoms with Gasteiger partial charge in [-0.2, -0.15) is 0 Å². The summed E-state index contributed by atoms with van der Waals surface area (Å²) < 4.78 is 5.54. The van der Waals surface area contributed by atoms with Gasteiger partial charge in [0, 0.05) is 23.6 Å². The molecule has 0 aliphatic heterocycles. The molecule has 1 aliphatic rings. The standard InChI is InChI=1S/C15H13NO5/c1-7-2-3-13(21-7)8-4-11-9(12(17)5-8)6-10(15(19)20)14(18)16-11/h2-3,6,8H,4-5H2,1H3,(H,16,18)(H,19,20)/t8-/m1/s1. The van der Waals surface area contributed by atoms with Crippen molar-refractivity contribution in [3.05, 3.63) is 56.9 Å². The van der Waals surface area contributed by atoms with Crippen molar-refractivity contribution in [2.24, 2.45) is 0 Å². The molecular weight excluding hydrogens is 274 g/mol. The largest absolute Gasteiger partial charge is 0.477 e. The van der Waals surface area contributed by atoms with Gasteiger partial charge < -0.3 is 14.5 Å². The number of nitrogens with one attached hydrogen (secondary N) is 1. The predicted octanol–water partition coefficient (Wildman–Crippen LogP) is 1.89. The maximum absolute atomic E-state index is 12.2. The lowest BCUT2D eigenvalue weighted by Crippen LogP contribution is -2.27. The number of hydrogen-bond donors (Lipinski definition) is 2. The number of H-pyrrole nitrogens is 1. The molecule has 2 heterocycles. The van der Waals surface area contributed by atoms with Crippen LogP contribution < -0.4 is 5.56 Å². The zero-order valence-electron chi connectivity index (χ0n) is 11.3. The van der Waals surface area contributed by atoms with Gasteiger partial charge in [0.15, 0.2) is 5.78 Å². The van der Waals surface area contributed by atoms with Crippen LogP contribution in [0.5, 0.6) is 0 Å². The van der Waals surface area contributed by atoms with Gasteiger partial charge in [-0.1, -0.05) is 0 Å². The summed E-state index contributed by atoms with van der Waals surface area (Å²) in [5, 5.41) is 8.94. The van der Waals surface area contributed by atoms with Crippen LogP contribution in [0.1, 0.15) is 50.3 Å². The van der Waals surface area contributed by atoms with Gasteiger partial charge in [0.1, 0.15) is 17.1 Å². The Hall–Kier alpha value is -2.63. The number of hydrogen-bond acceptors (Lipinski definition) is 4. The minimum atomic E-state index is -1.34. The third-order valence-electron chi connectivity index (χ3n) is 3.70. The first kappa shape index (κ1) is 13.4. The number of carbonyl (C=O) groups is 2. The van der Waals surface area contributed by atoms with Gasteiger partial charge in [0.2, 0.25) is 0 Å². The van der Waals surface area contributed by atoms with Crippen LogP contribution in [-0.4, -0.2) is 21.8 Å². The third-order valence-corrected chi connectivity index (χ3v) is 3.70. The van der Waals surface area contributed by atoms with E-state index in [0.29, 0.717) is 17.9 Å². The molecule has 0 aromatic carbocycles. The third kappa shape index (κ3) is 2.29. The maximum atomic E-state index is 12.2. The van der Waals surface area contributed by atoms with Gasteiger partial charge in [-0.15, -0.1) is 0 Å². The number of aromatic nitrogens is 1. The molecule has 3 rings (SSSR count). The van der Waals surface area contributed by atoms with Crippen LogP contribution in [0.15, 0.2) is 27.4 Å². The van der Waals surface area contributed by atoms with Crippen LogP contribution in [-0.2, 0) is 6.42 Å². The van der Waals surface area contributed by atoms with Crippen molar-refractivity contribution in [1.82, 2.24) is 4.98 Å². The monoisotopic (exact) mass is 287 g/mol. The predicted molar refractivity (Wildman–Crippen MR) is 72.9 cm³/mol. The number of pyridine rings is 1. The lowest BCUT2D eigenvalue weighted by Gasteiger charge is -2.21. The van der Waals surface area contributed by atoms with E-state index in [1.54, 1.807) is 0 Å². The molecule has 21 heavy (non-hydrogen) atoms. The number of rotatable bonds is 2. The van der Waals surface area contributed by atoms with Crippen LogP contribution in [0, 0.1) is 6.92 Å². The van der Waals surface area contributed by atoms with Gasteiger partial charge in [-0.3, -0.25) is 9.59 Å². The molecule has 0 fully saturated rings. The summed E-state index contributed by atoms with van der Waals surface area (Å²) in [6.45, 7) is 1.82. The second kappa shape index (κ2) is 4.73. The Bertz CT molecular complexity index is 799. The zero-order valence-corrected chi connectivity index (χ0v) is 11.3. The second-order valence-electron chi connectivity index (χ2n) is 5.19. The average molecular weight is 287 g/mol. The number of carbonyl (C=O) groups excluding carboxylic acids is 1. The molecule has 108 valence electrons. The van der Waals surface area contributed by atoms with E-state index in [-0.39, 0.29) is 23.7 Å². The molecule has 2 aromatic rings. The zero-order chi connectivity index (χ0) is 15.1. The Morgan fingerprint density at radius 3 is 2.71 bits per heavy atom. The van der Waals surface area contributed by atoms with Gasteiger partial charge in [-0.05, 0) is 31.5 Å². The maximum Gasteiger partial charge on any atom is 0.341 e. The quantitative estimate of drug-likeness (QED) is 0.878. The van der Waals surface area contributed by atoms with E-state index in [1.165, 1.54) is 6.07 Å². The van der Waals surface area contributed by atoms with Crippen LogP contribution in [0.4, 0.5) is 0 Å². The van der Waals surface area contributed by atoms with Gasteiger partial charge in [-0.25, -0.2) is 4.79 Å². The highest BCUT2D eigenvalue weighted by atomic mass is 16.4. The van der Waals surface area contributed by atoms with Crippen molar-refractivity contribution in [2.75, 3.05) is 0 Å². The number of aromatic carboxylic acids is 1. The van der Waals surface area contributed by atoms with Crippen molar-refractivity contribution in [2.45, 2.75) is 25.7 Å². The lowest BCUT2D eigenvalue weighted by molar-refractivity contribution is 0.0695. The molecule has 0 radical (unpaired) electrons. The van der Waals surface area contributed by atoms with Crippen LogP contribution in [0.25, 0.3) is 0 Å². The van der Waals surface area contributed by atoms with E-state index in [9.17, 15) is 14.4 Å². The minimum absolute atomic E-state index is 0.134. The summed E-state index contributed by atoms with van der Waals surface area (Å²) in [6.07, 6.45) is 0.689. The number of aromatic amines is 1. The minimum Gasteiger partial charge on any atom is -0.477 e. The van der Waals surface area contributed by atoms with Crippen molar-refractivity contribution in [3.8, 4) is 0 Å². The Morgan fingerprint density at radius 1 is 1.33 bits per heavy atom. The highest BCUT2D eigenvalue weighted by Crippen LogP contribution is 2.32. The Kier molecular flexibility index (Phi) is 3.01. The molecular formula is C15H13NO5. The molecule has 6 heteroatoms. The molecule has 0 bridgehead atoms. The number of ketones is 1. The first-order valence-electron chi connectivity index (χ1n) is 6.54. The topological polar surface area (TPSA) is 100 Å². The van der Waals surface area contributed by atoms with Gasteiger partial charge in [0.05, 0.1) is 0 Å². The van der Waals surface area contributed by atoms with Gasteiger partial charge in [0.25, 0.3) is 5.56 Å². The number of fused-ring (bicyclic) bond motifs is 1. The number of Topliss-reactive ketones (excluding diaryl/α,β-unsaturated/α-hetero) is 1. The number of carboxylic acid groups (broad SMARTS) is 1. The molecule has 1 atom stereocenters. The van der Waals surface area contributed by atoms with Crippen molar-refractivity contribution in [3.63, 3.8) is 0 Å². The SMILES string of the molecule is Cc1ccc([C@H]2CC(=O)c3cc(C(=O)O)c(=O)[nH]c3C2)o1. The summed E-state index contributed by atoms with van der Waals surface area (Å²) in [4.78, 5) is 37.4. The smallest absolute Gasteiger partial charge is 0.341 e. The van der Waals surface area contributed by atoms with Crippen LogP contribution in [0.3, 0.4) is 0 Å². The molecule has 6 nitrogen and oxygen atoms in total. The van der Waals surface area contributed by atoms with E-state index < -0.39 is 17.1 Å². The van der Waals surface area contributed by atoms with Crippen LogP contribution >= 0.6 is 0 Å². The van der Waals surface area contributed by atoms with E-state index in [0.717, 1.165) is 5.76 Å². The Balaban J connectivity index is 2.03. The summed E-state index contributed by atoms with van der Waals surface area (Å²) in [5.74, 6) is -0.192. The molecule has 2 N–H and O–H groups in total. The summed E-state index contributed by atoms with van der Waals surface area (Å²) in [6, 6.07) is 4.82. The summed E-state index contributed by atoms with van der Waals surface area (Å²) in [5.41, 5.74) is -0.341. The molecule has 0 amide bonds. The molecule has 0 saturated carbocycles. The first-order valence-corrected chi connectivity index (χ1v) is 6.54. The second-order valence-corrected chi connectivity index (χ2v) is 5.19. The van der Waals surface area contributed by atoms with Crippen LogP contribution in [0.2, 0.25) is 0 Å². The molecule has 1 aliphatic carbocycles. The number of aryl methyl sites for hydroxylation is 1. The van der Waals surface area contributed by atoms with Crippen molar-refractivity contribution >= 4 is 11.8 Å². The fourth-order valence-corrected chi connectivity index (χ4v) is 2.66. The normalized spacial score (nSPS) is 17.6. The highest BCUT2D eigenvalue weighted by Gasteiger charge is 2.30. The Labute approximate surface area is 119 Å². The fourth-order valence-electron chi connectivity index (χ4n) is 2.66. The van der Waals surface area contributed by atoms with E-state index in [1.807, 2.05) is 19.1 Å². The van der Waals surface area contributed by atoms with E-state index in [2.05, 4.69) is 4.98 Å². The highest BCUT2D eigenvalue weighted by molar-refractivity contribution is 6.00. The van der Waals surface area contributed by atoms with E-state index >= 15 is 0 Å². The summed E-state index contributed by atoms with van der Waals surface area (Å²) in [7, 11) is 0. The lowest BCUT2D eigenvalue weighted by atomic mass is 9.84. The fraction of sp³-hybridized carbons (Fsp3) is 0.267. The molecule has 0 unspecified atom stereocenters. The van der Waals surface area contributed by atoms with E-state index in [4.69, 9.17) is 9.52 Å². The molecule has 0 saturated heterocycles. The van der Waals surface area contributed by atoms with Gasteiger partial charge >= 0.3 is 5.97 Å². The number of furan rings is 1.